The van der Waals surface area contributed by atoms with E-state index in [0.717, 1.165) is 13.0 Å². The van der Waals surface area contributed by atoms with Crippen molar-refractivity contribution in [1.82, 2.24) is 14.1 Å². The first-order valence-electron chi connectivity index (χ1n) is 9.14. The Kier molecular flexibility index (Phi) is 5.32. The minimum Gasteiger partial charge on any atom is -0.337 e. The smallest absolute Gasteiger partial charge is 0.252 e. The van der Waals surface area contributed by atoms with Gasteiger partial charge in [0, 0.05) is 39.3 Å². The highest BCUT2D eigenvalue weighted by Gasteiger charge is 2.30. The van der Waals surface area contributed by atoms with Gasteiger partial charge in [0.1, 0.15) is 4.21 Å². The molecule has 3 heterocycles. The molecule has 4 rings (SSSR count). The van der Waals surface area contributed by atoms with Crippen molar-refractivity contribution in [3.8, 4) is 0 Å². The number of carbonyl (C=O) groups excluding carboxylic acids is 1. The fourth-order valence-electron chi connectivity index (χ4n) is 3.67. The predicted molar refractivity (Wildman–Crippen MR) is 105 cm³/mol. The molecule has 2 aromatic rings. The standard InChI is InChI=1S/C19H23N3O3S2/c23-18(21-8-7-16-4-1-2-5-17(16)14-21)15-20-9-11-22(12-10-20)27(24,25)19-6-3-13-26-19/h1-6,13H,7-12,14-15H2. The van der Waals surface area contributed by atoms with Gasteiger partial charge < -0.3 is 4.90 Å². The molecule has 0 spiro atoms. The summed E-state index contributed by atoms with van der Waals surface area (Å²) in [7, 11) is -3.39. The number of amides is 1. The highest BCUT2D eigenvalue weighted by molar-refractivity contribution is 7.91. The number of sulfonamides is 1. The molecule has 0 aliphatic carbocycles. The Morgan fingerprint density at radius 2 is 1.70 bits per heavy atom. The van der Waals surface area contributed by atoms with E-state index in [2.05, 4.69) is 17.0 Å². The van der Waals surface area contributed by atoms with Crippen LogP contribution in [-0.2, 0) is 27.8 Å². The van der Waals surface area contributed by atoms with E-state index in [1.807, 2.05) is 17.0 Å². The number of hydrogen-bond acceptors (Lipinski definition) is 5. The lowest BCUT2D eigenvalue weighted by Crippen LogP contribution is -2.51. The fourth-order valence-corrected chi connectivity index (χ4v) is 6.23. The van der Waals surface area contributed by atoms with E-state index in [9.17, 15) is 13.2 Å². The Morgan fingerprint density at radius 1 is 0.963 bits per heavy atom. The molecule has 1 fully saturated rings. The summed E-state index contributed by atoms with van der Waals surface area (Å²) in [5, 5.41) is 1.78. The van der Waals surface area contributed by atoms with Crippen molar-refractivity contribution in [3.63, 3.8) is 0 Å². The Hall–Kier alpha value is -1.74. The largest absolute Gasteiger partial charge is 0.337 e. The van der Waals surface area contributed by atoms with Gasteiger partial charge >= 0.3 is 0 Å². The molecule has 0 bridgehead atoms. The SMILES string of the molecule is O=C(CN1CCN(S(=O)(=O)c2cccs2)CC1)N1CCc2ccccc2C1. The Bertz CT molecular complexity index is 904. The quantitative estimate of drug-likeness (QED) is 0.776. The molecule has 6 nitrogen and oxygen atoms in total. The van der Waals surface area contributed by atoms with Gasteiger partial charge in [-0.25, -0.2) is 8.42 Å². The molecule has 1 saturated heterocycles. The Balaban J connectivity index is 1.31. The van der Waals surface area contributed by atoms with Gasteiger partial charge in [0.25, 0.3) is 10.0 Å². The molecule has 1 aromatic heterocycles. The molecule has 2 aliphatic heterocycles. The monoisotopic (exact) mass is 405 g/mol. The van der Waals surface area contributed by atoms with Crippen LogP contribution in [-0.4, -0.2) is 67.7 Å². The third kappa shape index (κ3) is 3.94. The molecule has 0 N–H and O–H groups in total. The zero-order valence-electron chi connectivity index (χ0n) is 15.1. The van der Waals surface area contributed by atoms with E-state index in [0.29, 0.717) is 43.5 Å². The highest BCUT2D eigenvalue weighted by Crippen LogP contribution is 2.22. The van der Waals surface area contributed by atoms with Crippen molar-refractivity contribution < 1.29 is 13.2 Å². The second-order valence-corrected chi connectivity index (χ2v) is 10.1. The number of hydrogen-bond donors (Lipinski definition) is 0. The lowest BCUT2D eigenvalue weighted by molar-refractivity contribution is -0.133. The summed E-state index contributed by atoms with van der Waals surface area (Å²) in [6, 6.07) is 11.7. The molecule has 144 valence electrons. The van der Waals surface area contributed by atoms with Crippen molar-refractivity contribution in [3.05, 3.63) is 52.9 Å². The zero-order valence-corrected chi connectivity index (χ0v) is 16.7. The van der Waals surface area contributed by atoms with E-state index in [1.54, 1.807) is 17.5 Å². The summed E-state index contributed by atoms with van der Waals surface area (Å²) in [5.74, 6) is 0.124. The van der Waals surface area contributed by atoms with Gasteiger partial charge in [0.15, 0.2) is 0 Å². The van der Waals surface area contributed by atoms with Crippen LogP contribution in [0.2, 0.25) is 0 Å². The maximum absolute atomic E-state index is 12.7. The molecule has 0 saturated carbocycles. The summed E-state index contributed by atoms with van der Waals surface area (Å²) in [5.41, 5.74) is 2.55. The predicted octanol–water partition coefficient (Wildman–Crippen LogP) is 1.64. The Morgan fingerprint density at radius 3 is 2.41 bits per heavy atom. The van der Waals surface area contributed by atoms with Crippen molar-refractivity contribution in [2.45, 2.75) is 17.2 Å². The van der Waals surface area contributed by atoms with Crippen molar-refractivity contribution in [2.24, 2.45) is 0 Å². The first kappa shape index (κ1) is 18.6. The van der Waals surface area contributed by atoms with Crippen LogP contribution in [0.4, 0.5) is 0 Å². The lowest BCUT2D eigenvalue weighted by Gasteiger charge is -2.35. The van der Waals surface area contributed by atoms with Crippen LogP contribution in [0, 0.1) is 0 Å². The van der Waals surface area contributed by atoms with E-state index >= 15 is 0 Å². The second kappa shape index (κ2) is 7.71. The Labute approximate surface area is 164 Å². The molecule has 8 heteroatoms. The van der Waals surface area contributed by atoms with E-state index < -0.39 is 10.0 Å². The maximum Gasteiger partial charge on any atom is 0.252 e. The van der Waals surface area contributed by atoms with Crippen LogP contribution in [0.5, 0.6) is 0 Å². The summed E-state index contributed by atoms with van der Waals surface area (Å²) in [6.45, 7) is 3.80. The number of benzene rings is 1. The van der Waals surface area contributed by atoms with E-state index in [1.165, 1.54) is 26.8 Å². The minimum atomic E-state index is -3.39. The van der Waals surface area contributed by atoms with Crippen LogP contribution >= 0.6 is 11.3 Å². The van der Waals surface area contributed by atoms with Gasteiger partial charge in [-0.05, 0) is 29.0 Å². The van der Waals surface area contributed by atoms with Crippen LogP contribution in [0.1, 0.15) is 11.1 Å². The topological polar surface area (TPSA) is 60.9 Å². The van der Waals surface area contributed by atoms with Gasteiger partial charge in [-0.2, -0.15) is 4.31 Å². The summed E-state index contributed by atoms with van der Waals surface area (Å²) < 4.78 is 27.1. The van der Waals surface area contributed by atoms with Gasteiger partial charge in [-0.15, -0.1) is 11.3 Å². The third-order valence-electron chi connectivity index (χ3n) is 5.26. The van der Waals surface area contributed by atoms with Crippen LogP contribution in [0.15, 0.2) is 46.0 Å². The maximum atomic E-state index is 12.7. The zero-order chi connectivity index (χ0) is 18.9. The summed E-state index contributed by atoms with van der Waals surface area (Å²) in [6.07, 6.45) is 0.898. The molecule has 0 radical (unpaired) electrons. The molecule has 0 unspecified atom stereocenters. The number of rotatable bonds is 4. The molecule has 0 atom stereocenters. The third-order valence-corrected chi connectivity index (χ3v) is 8.53. The van der Waals surface area contributed by atoms with E-state index in [-0.39, 0.29) is 5.91 Å². The molecular weight excluding hydrogens is 382 g/mol. The number of thiophene rings is 1. The normalized spacial score (nSPS) is 19.0. The van der Waals surface area contributed by atoms with Crippen LogP contribution in [0.3, 0.4) is 0 Å². The van der Waals surface area contributed by atoms with Crippen LogP contribution < -0.4 is 0 Å². The van der Waals surface area contributed by atoms with Crippen LogP contribution in [0.25, 0.3) is 0 Å². The fraction of sp³-hybridized carbons (Fsp3) is 0.421. The lowest BCUT2D eigenvalue weighted by atomic mass is 10.00. The molecule has 1 aromatic carbocycles. The number of fused-ring (bicyclic) bond motifs is 1. The van der Waals surface area contributed by atoms with Gasteiger partial charge in [-0.1, -0.05) is 30.3 Å². The molecular formula is C19H23N3O3S2. The van der Waals surface area contributed by atoms with E-state index in [4.69, 9.17) is 0 Å². The molecule has 2 aliphatic rings. The summed E-state index contributed by atoms with van der Waals surface area (Å²) in [4.78, 5) is 16.7. The minimum absolute atomic E-state index is 0.124. The van der Waals surface area contributed by atoms with Gasteiger partial charge in [0.05, 0.1) is 6.54 Å². The highest BCUT2D eigenvalue weighted by atomic mass is 32.2. The van der Waals surface area contributed by atoms with Crippen molar-refractivity contribution in [1.29, 1.82) is 0 Å². The summed E-state index contributed by atoms with van der Waals surface area (Å²) >= 11 is 1.24. The van der Waals surface area contributed by atoms with Gasteiger partial charge in [-0.3, -0.25) is 9.69 Å². The van der Waals surface area contributed by atoms with Crippen molar-refractivity contribution in [2.75, 3.05) is 39.3 Å². The first-order chi connectivity index (χ1) is 13.0. The van der Waals surface area contributed by atoms with Crippen molar-refractivity contribution >= 4 is 27.3 Å². The molecule has 27 heavy (non-hydrogen) atoms. The molecule has 1 amide bonds. The second-order valence-electron chi connectivity index (χ2n) is 6.95. The number of carbonyl (C=O) groups is 1. The van der Waals surface area contributed by atoms with Gasteiger partial charge in [0.2, 0.25) is 5.91 Å². The number of piperazine rings is 1. The number of nitrogens with zero attached hydrogens (tertiary/aromatic N) is 3. The first-order valence-corrected chi connectivity index (χ1v) is 11.5. The average Bonchev–Trinajstić information content (AvgIpc) is 3.24. The average molecular weight is 406 g/mol.